The summed E-state index contributed by atoms with van der Waals surface area (Å²) in [6.45, 7) is 8.90. The summed E-state index contributed by atoms with van der Waals surface area (Å²) in [6, 6.07) is 6.62. The number of aromatic nitrogens is 1. The normalized spacial score (nSPS) is 17.8. The Bertz CT molecular complexity index is 801. The number of halogens is 1. The molecule has 0 radical (unpaired) electrons. The van der Waals surface area contributed by atoms with Crippen molar-refractivity contribution in [2.75, 3.05) is 18.0 Å². The van der Waals surface area contributed by atoms with Crippen molar-refractivity contribution in [3.05, 3.63) is 35.8 Å². The zero-order valence-electron chi connectivity index (χ0n) is 15.1. The van der Waals surface area contributed by atoms with Crippen LogP contribution >= 0.6 is 0 Å². The highest BCUT2D eigenvalue weighted by Gasteiger charge is 2.27. The van der Waals surface area contributed by atoms with Gasteiger partial charge in [-0.2, -0.15) is 0 Å². The summed E-state index contributed by atoms with van der Waals surface area (Å²) < 4.78 is 19.0. The van der Waals surface area contributed by atoms with E-state index in [0.29, 0.717) is 6.54 Å². The van der Waals surface area contributed by atoms with Crippen LogP contribution in [0.4, 0.5) is 14.9 Å². The van der Waals surface area contributed by atoms with E-state index in [1.807, 2.05) is 33.8 Å². The second kappa shape index (κ2) is 6.50. The van der Waals surface area contributed by atoms with Gasteiger partial charge in [-0.05, 0) is 58.4 Å². The Morgan fingerprint density at radius 3 is 2.84 bits per heavy atom. The summed E-state index contributed by atoms with van der Waals surface area (Å²) >= 11 is 0. The fourth-order valence-electron chi connectivity index (χ4n) is 3.14. The molecule has 2 heterocycles. The Balaban J connectivity index is 1.77. The maximum atomic E-state index is 13.7. The Morgan fingerprint density at radius 2 is 2.12 bits per heavy atom. The van der Waals surface area contributed by atoms with E-state index in [9.17, 15) is 9.18 Å². The summed E-state index contributed by atoms with van der Waals surface area (Å²) in [6.07, 6.45) is 0.415. The zero-order chi connectivity index (χ0) is 18.2. The van der Waals surface area contributed by atoms with E-state index >= 15 is 0 Å². The van der Waals surface area contributed by atoms with Crippen LogP contribution in [0.1, 0.15) is 32.9 Å². The quantitative estimate of drug-likeness (QED) is 0.900. The number of carbonyl (C=O) groups excluding carboxylic acids is 1. The number of ether oxygens (including phenoxy) is 1. The lowest BCUT2D eigenvalue weighted by molar-refractivity contribution is 0.0509. The lowest BCUT2D eigenvalue weighted by Gasteiger charge is -2.23. The molecule has 1 aromatic carbocycles. The van der Waals surface area contributed by atoms with E-state index in [1.54, 1.807) is 6.07 Å². The maximum Gasteiger partial charge on any atom is 0.407 e. The number of fused-ring (bicyclic) bond motifs is 1. The lowest BCUT2D eigenvalue weighted by atomic mass is 10.1. The number of anilines is 1. The fourth-order valence-corrected chi connectivity index (χ4v) is 3.14. The van der Waals surface area contributed by atoms with Gasteiger partial charge >= 0.3 is 6.09 Å². The minimum absolute atomic E-state index is 0.00642. The number of alkyl carbamates (subject to hydrolysis) is 1. The molecule has 1 atom stereocenters. The van der Waals surface area contributed by atoms with Crippen LogP contribution in [0.5, 0.6) is 0 Å². The van der Waals surface area contributed by atoms with Crippen molar-refractivity contribution in [3.63, 3.8) is 0 Å². The molecule has 1 amide bonds. The third-order valence-electron chi connectivity index (χ3n) is 4.13. The number of hydrogen-bond acceptors (Lipinski definition) is 4. The number of rotatable bonds is 2. The number of amides is 1. The molecular weight excluding hydrogens is 321 g/mol. The van der Waals surface area contributed by atoms with E-state index in [4.69, 9.17) is 4.74 Å². The number of carbonyl (C=O) groups is 1. The van der Waals surface area contributed by atoms with Crippen molar-refractivity contribution in [1.29, 1.82) is 0 Å². The van der Waals surface area contributed by atoms with Crippen molar-refractivity contribution < 1.29 is 13.9 Å². The first-order chi connectivity index (χ1) is 11.7. The number of benzene rings is 1. The van der Waals surface area contributed by atoms with Gasteiger partial charge in [0.05, 0.1) is 11.6 Å². The molecule has 0 spiro atoms. The minimum atomic E-state index is -0.516. The Kier molecular flexibility index (Phi) is 4.54. The molecule has 1 N–H and O–H groups in total. The number of pyridine rings is 1. The second-order valence-electron chi connectivity index (χ2n) is 7.52. The Morgan fingerprint density at radius 1 is 1.36 bits per heavy atom. The standard InChI is InChI=1S/C19H24FN3O2/c1-12-9-17(15-10-13(20)5-6-16(15)21-12)23-8-7-14(11-23)22-18(24)25-19(2,3)4/h5-6,9-10,14H,7-8,11H2,1-4H3,(H,22,24). The summed E-state index contributed by atoms with van der Waals surface area (Å²) in [4.78, 5) is 18.6. The number of nitrogens with one attached hydrogen (secondary N) is 1. The molecule has 1 aliphatic rings. The molecule has 3 rings (SSSR count). The molecule has 1 aromatic heterocycles. The van der Waals surface area contributed by atoms with Crippen molar-refractivity contribution in [2.45, 2.75) is 45.8 Å². The van der Waals surface area contributed by atoms with E-state index in [2.05, 4.69) is 15.2 Å². The molecule has 5 nitrogen and oxygen atoms in total. The van der Waals surface area contributed by atoms with Crippen LogP contribution in [0, 0.1) is 12.7 Å². The molecule has 2 aromatic rings. The van der Waals surface area contributed by atoms with Crippen LogP contribution in [0.3, 0.4) is 0 Å². The summed E-state index contributed by atoms with van der Waals surface area (Å²) in [5.74, 6) is -0.276. The van der Waals surface area contributed by atoms with Crippen LogP contribution in [-0.4, -0.2) is 35.8 Å². The molecule has 0 saturated carbocycles. The first-order valence-electron chi connectivity index (χ1n) is 8.53. The maximum absolute atomic E-state index is 13.7. The van der Waals surface area contributed by atoms with E-state index in [0.717, 1.165) is 35.2 Å². The first-order valence-corrected chi connectivity index (χ1v) is 8.53. The molecule has 1 unspecified atom stereocenters. The van der Waals surface area contributed by atoms with Crippen molar-refractivity contribution >= 4 is 22.7 Å². The Hall–Kier alpha value is -2.37. The van der Waals surface area contributed by atoms with Crippen molar-refractivity contribution in [3.8, 4) is 0 Å². The summed E-state index contributed by atoms with van der Waals surface area (Å²) in [5.41, 5.74) is 2.10. The van der Waals surface area contributed by atoms with Gasteiger partial charge in [-0.3, -0.25) is 4.98 Å². The predicted molar refractivity (Wildman–Crippen MR) is 96.4 cm³/mol. The lowest BCUT2D eigenvalue weighted by Crippen LogP contribution is -2.40. The summed E-state index contributed by atoms with van der Waals surface area (Å²) in [5, 5.41) is 3.71. The van der Waals surface area contributed by atoms with Crippen molar-refractivity contribution in [1.82, 2.24) is 10.3 Å². The minimum Gasteiger partial charge on any atom is -0.444 e. The SMILES string of the molecule is Cc1cc(N2CCC(NC(=O)OC(C)(C)C)C2)c2cc(F)ccc2n1. The van der Waals surface area contributed by atoms with Crippen LogP contribution in [0.25, 0.3) is 10.9 Å². The second-order valence-corrected chi connectivity index (χ2v) is 7.52. The number of aryl methyl sites for hydroxylation is 1. The highest BCUT2D eigenvalue weighted by molar-refractivity contribution is 5.92. The third kappa shape index (κ3) is 4.18. The number of hydrogen-bond donors (Lipinski definition) is 1. The average molecular weight is 345 g/mol. The van der Waals surface area contributed by atoms with Gasteiger partial charge in [0, 0.05) is 29.9 Å². The van der Waals surface area contributed by atoms with Gasteiger partial charge in [-0.1, -0.05) is 0 Å². The molecule has 25 heavy (non-hydrogen) atoms. The first kappa shape index (κ1) is 17.5. The topological polar surface area (TPSA) is 54.5 Å². The molecule has 0 bridgehead atoms. The molecule has 0 aliphatic carbocycles. The average Bonchev–Trinajstić information content (AvgIpc) is 2.93. The molecule has 1 aliphatic heterocycles. The highest BCUT2D eigenvalue weighted by atomic mass is 19.1. The largest absolute Gasteiger partial charge is 0.444 e. The zero-order valence-corrected chi connectivity index (χ0v) is 15.1. The monoisotopic (exact) mass is 345 g/mol. The number of nitrogens with zero attached hydrogens (tertiary/aromatic N) is 2. The fraction of sp³-hybridized carbons (Fsp3) is 0.474. The van der Waals surface area contributed by atoms with Crippen molar-refractivity contribution in [2.24, 2.45) is 0 Å². The van der Waals surface area contributed by atoms with Crippen LogP contribution < -0.4 is 10.2 Å². The molecule has 1 fully saturated rings. The highest BCUT2D eigenvalue weighted by Crippen LogP contribution is 2.30. The van der Waals surface area contributed by atoms with Crippen LogP contribution in [-0.2, 0) is 4.74 Å². The summed E-state index contributed by atoms with van der Waals surface area (Å²) in [7, 11) is 0. The molecule has 6 heteroatoms. The van der Waals surface area contributed by atoms with Gasteiger partial charge in [-0.15, -0.1) is 0 Å². The predicted octanol–water partition coefficient (Wildman–Crippen LogP) is 3.79. The van der Waals surface area contributed by atoms with Gasteiger partial charge in [0.2, 0.25) is 0 Å². The van der Waals surface area contributed by atoms with Crippen LogP contribution in [0.2, 0.25) is 0 Å². The smallest absolute Gasteiger partial charge is 0.407 e. The van der Waals surface area contributed by atoms with Gasteiger partial charge in [0.15, 0.2) is 0 Å². The molecular formula is C19H24FN3O2. The van der Waals surface area contributed by atoms with Gasteiger partial charge in [0.1, 0.15) is 11.4 Å². The molecule has 134 valence electrons. The van der Waals surface area contributed by atoms with E-state index in [-0.39, 0.29) is 11.9 Å². The molecule has 1 saturated heterocycles. The van der Waals surface area contributed by atoms with E-state index < -0.39 is 11.7 Å². The van der Waals surface area contributed by atoms with Gasteiger partial charge in [-0.25, -0.2) is 9.18 Å². The third-order valence-corrected chi connectivity index (χ3v) is 4.13. The van der Waals surface area contributed by atoms with Crippen LogP contribution in [0.15, 0.2) is 24.3 Å². The van der Waals surface area contributed by atoms with Gasteiger partial charge < -0.3 is 15.0 Å². The van der Waals surface area contributed by atoms with E-state index in [1.165, 1.54) is 12.1 Å². The van der Waals surface area contributed by atoms with Gasteiger partial charge in [0.25, 0.3) is 0 Å². The Labute approximate surface area is 147 Å².